The molecule has 0 aliphatic carbocycles. The maximum atomic E-state index is 13.8. The molecule has 6 heteroatoms. The molecule has 5 nitrogen and oxygen atoms in total. The number of nitrogens with two attached hydrogens (primary N) is 1. The summed E-state index contributed by atoms with van der Waals surface area (Å²) in [6.45, 7) is 1.94. The van der Waals surface area contributed by atoms with E-state index in [1.807, 2.05) is 0 Å². The normalized spacial score (nSPS) is 15.9. The minimum Gasteiger partial charge on any atom is -0.493 e. The molecule has 0 unspecified atom stereocenters. The molecule has 1 aliphatic rings. The number of hydrogen-bond acceptors (Lipinski definition) is 5. The first-order valence-corrected chi connectivity index (χ1v) is 6.49. The molecule has 0 bridgehead atoms. The molecule has 0 radical (unpaired) electrons. The number of nitrogen functional groups attached to an aromatic ring is 1. The Morgan fingerprint density at radius 3 is 2.75 bits per heavy atom. The number of anilines is 1. The number of hydrogen-bond donors (Lipinski definition) is 1. The second-order valence-electron chi connectivity index (χ2n) is 4.73. The maximum absolute atomic E-state index is 13.8. The molecule has 1 fully saturated rings. The van der Waals surface area contributed by atoms with Crippen LogP contribution in [0, 0.1) is 11.7 Å². The van der Waals surface area contributed by atoms with Crippen molar-refractivity contribution in [2.75, 3.05) is 32.7 Å². The summed E-state index contributed by atoms with van der Waals surface area (Å²) in [6.07, 6.45) is 1.86. The van der Waals surface area contributed by atoms with Gasteiger partial charge in [0.05, 0.1) is 19.4 Å². The van der Waals surface area contributed by atoms with E-state index in [1.54, 1.807) is 0 Å². The zero-order chi connectivity index (χ0) is 14.5. The van der Waals surface area contributed by atoms with Crippen molar-refractivity contribution in [3.05, 3.63) is 23.5 Å². The zero-order valence-electron chi connectivity index (χ0n) is 11.4. The molecule has 0 aromatic heterocycles. The summed E-state index contributed by atoms with van der Waals surface area (Å²) in [5.74, 6) is -0.817. The molecule has 0 atom stereocenters. The maximum Gasteiger partial charge on any atom is 0.342 e. The van der Waals surface area contributed by atoms with Crippen molar-refractivity contribution in [2.45, 2.75) is 12.8 Å². The van der Waals surface area contributed by atoms with Gasteiger partial charge in [0, 0.05) is 25.3 Å². The molecule has 110 valence electrons. The predicted molar refractivity (Wildman–Crippen MR) is 71.2 cm³/mol. The lowest BCUT2D eigenvalue weighted by Gasteiger charge is -2.22. The van der Waals surface area contributed by atoms with E-state index < -0.39 is 11.8 Å². The molecule has 0 amide bonds. The van der Waals surface area contributed by atoms with Crippen LogP contribution < -0.4 is 10.5 Å². The van der Waals surface area contributed by atoms with Crippen LogP contribution in [0.4, 0.5) is 10.1 Å². The second-order valence-corrected chi connectivity index (χ2v) is 4.73. The predicted octanol–water partition coefficient (Wildman–Crippen LogP) is 2.00. The minimum absolute atomic E-state index is 0.0128. The summed E-state index contributed by atoms with van der Waals surface area (Å²) >= 11 is 0. The van der Waals surface area contributed by atoms with Crippen molar-refractivity contribution >= 4 is 11.7 Å². The van der Waals surface area contributed by atoms with E-state index in [-0.39, 0.29) is 11.3 Å². The van der Waals surface area contributed by atoms with Crippen LogP contribution in [0.15, 0.2) is 12.1 Å². The summed E-state index contributed by atoms with van der Waals surface area (Å²) in [4.78, 5) is 11.4. The standard InChI is InChI=1S/C14H18FNO4/c1-18-14(17)13-11(15)6-10(7-12(13)16)20-8-9-2-4-19-5-3-9/h6-7,9H,2-5,8,16H2,1H3. The molecular weight excluding hydrogens is 265 g/mol. The Labute approximate surface area is 116 Å². The van der Waals surface area contributed by atoms with Crippen LogP contribution in [0.3, 0.4) is 0 Å². The van der Waals surface area contributed by atoms with Gasteiger partial charge in [-0.3, -0.25) is 0 Å². The van der Waals surface area contributed by atoms with Crippen LogP contribution in [0.5, 0.6) is 5.75 Å². The Balaban J connectivity index is 2.04. The Morgan fingerprint density at radius 1 is 1.45 bits per heavy atom. The second kappa shape index (κ2) is 6.56. The summed E-state index contributed by atoms with van der Waals surface area (Å²) in [7, 11) is 1.18. The van der Waals surface area contributed by atoms with Gasteiger partial charge in [-0.15, -0.1) is 0 Å². The fraction of sp³-hybridized carbons (Fsp3) is 0.500. The number of ether oxygens (including phenoxy) is 3. The van der Waals surface area contributed by atoms with Crippen LogP contribution >= 0.6 is 0 Å². The van der Waals surface area contributed by atoms with Gasteiger partial charge in [-0.1, -0.05) is 0 Å². The first-order valence-electron chi connectivity index (χ1n) is 6.49. The molecule has 0 spiro atoms. The van der Waals surface area contributed by atoms with Crippen molar-refractivity contribution in [3.8, 4) is 5.75 Å². The van der Waals surface area contributed by atoms with Gasteiger partial charge in [0.15, 0.2) is 0 Å². The lowest BCUT2D eigenvalue weighted by atomic mass is 10.0. The monoisotopic (exact) mass is 283 g/mol. The quantitative estimate of drug-likeness (QED) is 0.676. The number of rotatable bonds is 4. The van der Waals surface area contributed by atoms with Crippen LogP contribution in [0.2, 0.25) is 0 Å². The number of methoxy groups -OCH3 is 1. The highest BCUT2D eigenvalue weighted by atomic mass is 19.1. The topological polar surface area (TPSA) is 70.8 Å². The van der Waals surface area contributed by atoms with Gasteiger partial charge in [0.25, 0.3) is 0 Å². The Hall–Kier alpha value is -1.82. The number of benzene rings is 1. The smallest absolute Gasteiger partial charge is 0.342 e. The van der Waals surface area contributed by atoms with E-state index in [0.717, 1.165) is 32.1 Å². The van der Waals surface area contributed by atoms with Gasteiger partial charge in [-0.25, -0.2) is 9.18 Å². The molecule has 1 aromatic carbocycles. The summed E-state index contributed by atoms with van der Waals surface area (Å²) in [5.41, 5.74) is 5.42. The van der Waals surface area contributed by atoms with E-state index in [9.17, 15) is 9.18 Å². The summed E-state index contributed by atoms with van der Waals surface area (Å²) in [5, 5.41) is 0. The molecule has 2 rings (SSSR count). The highest BCUT2D eigenvalue weighted by Crippen LogP contribution is 2.25. The fourth-order valence-electron chi connectivity index (χ4n) is 2.13. The minimum atomic E-state index is -0.795. The summed E-state index contributed by atoms with van der Waals surface area (Å²) < 4.78 is 29.1. The molecular formula is C14H18FNO4. The summed E-state index contributed by atoms with van der Waals surface area (Å²) in [6, 6.07) is 2.59. The first kappa shape index (κ1) is 14.6. The van der Waals surface area contributed by atoms with Crippen LogP contribution in [0.1, 0.15) is 23.2 Å². The van der Waals surface area contributed by atoms with Crippen LogP contribution in [-0.4, -0.2) is 32.9 Å². The van der Waals surface area contributed by atoms with Crippen molar-refractivity contribution in [3.63, 3.8) is 0 Å². The van der Waals surface area contributed by atoms with Crippen molar-refractivity contribution in [1.82, 2.24) is 0 Å². The highest BCUT2D eigenvalue weighted by molar-refractivity contribution is 5.95. The van der Waals surface area contributed by atoms with Crippen LogP contribution in [0.25, 0.3) is 0 Å². The van der Waals surface area contributed by atoms with Gasteiger partial charge in [-0.05, 0) is 18.8 Å². The van der Waals surface area contributed by atoms with Gasteiger partial charge in [-0.2, -0.15) is 0 Å². The molecule has 20 heavy (non-hydrogen) atoms. The van der Waals surface area contributed by atoms with Gasteiger partial charge in [0.1, 0.15) is 17.1 Å². The van der Waals surface area contributed by atoms with Crippen molar-refractivity contribution in [2.24, 2.45) is 5.92 Å². The molecule has 2 N–H and O–H groups in total. The lowest BCUT2D eigenvalue weighted by Crippen LogP contribution is -2.21. The average molecular weight is 283 g/mol. The SMILES string of the molecule is COC(=O)c1c(N)cc(OCC2CCOCC2)cc1F. The Morgan fingerprint density at radius 2 is 2.15 bits per heavy atom. The molecule has 1 aliphatic heterocycles. The van der Waals surface area contributed by atoms with E-state index in [1.165, 1.54) is 13.2 Å². The lowest BCUT2D eigenvalue weighted by molar-refractivity contribution is 0.0496. The number of carbonyl (C=O) groups is 1. The molecule has 1 heterocycles. The highest BCUT2D eigenvalue weighted by Gasteiger charge is 2.19. The van der Waals surface area contributed by atoms with Gasteiger partial charge < -0.3 is 19.9 Å². The van der Waals surface area contributed by atoms with Gasteiger partial charge in [0.2, 0.25) is 0 Å². The van der Waals surface area contributed by atoms with E-state index in [0.29, 0.717) is 18.3 Å². The number of carbonyl (C=O) groups excluding carboxylic acids is 1. The van der Waals surface area contributed by atoms with E-state index in [4.69, 9.17) is 15.2 Å². The van der Waals surface area contributed by atoms with Crippen LogP contribution in [-0.2, 0) is 9.47 Å². The molecule has 1 aromatic rings. The van der Waals surface area contributed by atoms with E-state index in [2.05, 4.69) is 4.74 Å². The number of halogens is 1. The molecule has 0 saturated carbocycles. The third-order valence-corrected chi connectivity index (χ3v) is 3.31. The third-order valence-electron chi connectivity index (χ3n) is 3.31. The average Bonchev–Trinajstić information content (AvgIpc) is 2.45. The number of esters is 1. The largest absolute Gasteiger partial charge is 0.493 e. The zero-order valence-corrected chi connectivity index (χ0v) is 11.4. The first-order chi connectivity index (χ1) is 9.61. The van der Waals surface area contributed by atoms with Crippen molar-refractivity contribution < 1.29 is 23.4 Å². The van der Waals surface area contributed by atoms with E-state index >= 15 is 0 Å². The van der Waals surface area contributed by atoms with Crippen molar-refractivity contribution in [1.29, 1.82) is 0 Å². The fourth-order valence-corrected chi connectivity index (χ4v) is 2.13. The molecule has 1 saturated heterocycles. The van der Waals surface area contributed by atoms with Gasteiger partial charge >= 0.3 is 5.97 Å². The Bertz CT molecular complexity index is 463. The third kappa shape index (κ3) is 3.39. The Kier molecular flexibility index (Phi) is 4.79.